The van der Waals surface area contributed by atoms with Crippen LogP contribution in [0.5, 0.6) is 0 Å². The van der Waals surface area contributed by atoms with Gasteiger partial charge in [-0.15, -0.1) is 0 Å². The van der Waals surface area contributed by atoms with Crippen molar-refractivity contribution in [3.05, 3.63) is 28.8 Å². The number of aliphatic hydroxyl groups excluding tert-OH is 1. The van der Waals surface area contributed by atoms with E-state index in [0.717, 1.165) is 55.4 Å². The Morgan fingerprint density at radius 1 is 1.05 bits per heavy atom. The Morgan fingerprint density at radius 2 is 1.75 bits per heavy atom. The van der Waals surface area contributed by atoms with Crippen LogP contribution in [0.15, 0.2) is 18.2 Å². The van der Waals surface area contributed by atoms with Crippen molar-refractivity contribution in [2.24, 2.45) is 0 Å². The van der Waals surface area contributed by atoms with Gasteiger partial charge in [-0.2, -0.15) is 0 Å². The first-order valence-corrected chi connectivity index (χ1v) is 7.90. The lowest BCUT2D eigenvalue weighted by Crippen LogP contribution is -2.30. The topological polar surface area (TPSA) is 26.7 Å². The summed E-state index contributed by atoms with van der Waals surface area (Å²) in [5.41, 5.74) is 2.00. The normalized spacial score (nSPS) is 11.1. The highest BCUT2D eigenvalue weighted by molar-refractivity contribution is 6.30. The van der Waals surface area contributed by atoms with E-state index in [2.05, 4.69) is 30.6 Å². The SMILES string of the molecule is CCN(CC)CCCN(CC)c1cc(Cl)ccc1CO. The number of aliphatic hydroxyl groups is 1. The maximum Gasteiger partial charge on any atom is 0.0702 e. The van der Waals surface area contributed by atoms with Crippen molar-refractivity contribution in [3.63, 3.8) is 0 Å². The summed E-state index contributed by atoms with van der Waals surface area (Å²) in [6, 6.07) is 5.69. The zero-order valence-corrected chi connectivity index (χ0v) is 13.7. The second-order valence-electron chi connectivity index (χ2n) is 4.89. The average Bonchev–Trinajstić information content (AvgIpc) is 2.47. The Labute approximate surface area is 128 Å². The predicted octanol–water partition coefficient (Wildman–Crippen LogP) is 3.39. The van der Waals surface area contributed by atoms with Crippen LogP contribution < -0.4 is 4.90 Å². The fourth-order valence-electron chi connectivity index (χ4n) is 2.44. The largest absolute Gasteiger partial charge is 0.392 e. The minimum atomic E-state index is 0.0546. The van der Waals surface area contributed by atoms with Gasteiger partial charge in [0.15, 0.2) is 0 Å². The third kappa shape index (κ3) is 4.97. The minimum Gasteiger partial charge on any atom is -0.392 e. The number of anilines is 1. The molecule has 0 spiro atoms. The number of rotatable bonds is 9. The van der Waals surface area contributed by atoms with Gasteiger partial charge in [-0.3, -0.25) is 0 Å². The van der Waals surface area contributed by atoms with Crippen LogP contribution in [-0.2, 0) is 6.61 Å². The molecule has 1 aromatic rings. The zero-order valence-electron chi connectivity index (χ0n) is 12.9. The molecule has 0 fully saturated rings. The molecule has 0 unspecified atom stereocenters. The van der Waals surface area contributed by atoms with Gasteiger partial charge in [0.25, 0.3) is 0 Å². The van der Waals surface area contributed by atoms with E-state index in [-0.39, 0.29) is 6.61 Å². The summed E-state index contributed by atoms with van der Waals surface area (Å²) in [7, 11) is 0. The third-order valence-corrected chi connectivity index (χ3v) is 3.97. The maximum atomic E-state index is 9.47. The highest BCUT2D eigenvalue weighted by atomic mass is 35.5. The molecular weight excluding hydrogens is 272 g/mol. The lowest BCUT2D eigenvalue weighted by atomic mass is 10.1. The summed E-state index contributed by atoms with van der Waals surface area (Å²) >= 11 is 6.09. The Kier molecular flexibility index (Phi) is 7.97. The molecule has 1 aromatic carbocycles. The number of halogens is 1. The lowest BCUT2D eigenvalue weighted by molar-refractivity contribution is 0.281. The van der Waals surface area contributed by atoms with Crippen LogP contribution in [-0.4, -0.2) is 42.7 Å². The van der Waals surface area contributed by atoms with Crippen molar-refractivity contribution in [2.75, 3.05) is 37.6 Å². The molecule has 1 N–H and O–H groups in total. The van der Waals surface area contributed by atoms with Crippen molar-refractivity contribution >= 4 is 17.3 Å². The van der Waals surface area contributed by atoms with Crippen molar-refractivity contribution in [3.8, 4) is 0 Å². The van der Waals surface area contributed by atoms with Crippen LogP contribution in [0, 0.1) is 0 Å². The number of nitrogens with zero attached hydrogens (tertiary/aromatic N) is 2. The molecule has 0 amide bonds. The summed E-state index contributed by atoms with van der Waals surface area (Å²) < 4.78 is 0. The third-order valence-electron chi connectivity index (χ3n) is 3.74. The van der Waals surface area contributed by atoms with E-state index in [0.29, 0.717) is 0 Å². The lowest BCUT2D eigenvalue weighted by Gasteiger charge is -2.27. The summed E-state index contributed by atoms with van der Waals surface area (Å²) in [5, 5.41) is 10.2. The van der Waals surface area contributed by atoms with E-state index in [1.54, 1.807) is 0 Å². The van der Waals surface area contributed by atoms with Crippen LogP contribution in [0.4, 0.5) is 5.69 Å². The second-order valence-corrected chi connectivity index (χ2v) is 5.33. The number of hydrogen-bond donors (Lipinski definition) is 1. The van der Waals surface area contributed by atoms with E-state index in [1.807, 2.05) is 18.2 Å². The van der Waals surface area contributed by atoms with Gasteiger partial charge in [-0.05, 0) is 45.1 Å². The first kappa shape index (κ1) is 17.3. The van der Waals surface area contributed by atoms with E-state index in [4.69, 9.17) is 11.6 Å². The molecule has 114 valence electrons. The molecule has 3 nitrogen and oxygen atoms in total. The van der Waals surface area contributed by atoms with Crippen LogP contribution >= 0.6 is 11.6 Å². The smallest absolute Gasteiger partial charge is 0.0702 e. The maximum absolute atomic E-state index is 9.47. The fraction of sp³-hybridized carbons (Fsp3) is 0.625. The van der Waals surface area contributed by atoms with Crippen LogP contribution in [0.3, 0.4) is 0 Å². The van der Waals surface area contributed by atoms with Crippen molar-refractivity contribution in [1.82, 2.24) is 4.90 Å². The molecule has 20 heavy (non-hydrogen) atoms. The quantitative estimate of drug-likeness (QED) is 0.757. The van der Waals surface area contributed by atoms with E-state index in [9.17, 15) is 5.11 Å². The average molecular weight is 299 g/mol. The van der Waals surface area contributed by atoms with Gasteiger partial charge in [0, 0.05) is 29.4 Å². The Morgan fingerprint density at radius 3 is 2.30 bits per heavy atom. The molecule has 0 aromatic heterocycles. The molecular formula is C16H27ClN2O. The van der Waals surface area contributed by atoms with Gasteiger partial charge in [0.2, 0.25) is 0 Å². The van der Waals surface area contributed by atoms with Gasteiger partial charge in [0.05, 0.1) is 6.61 Å². The highest BCUT2D eigenvalue weighted by Gasteiger charge is 2.10. The van der Waals surface area contributed by atoms with Gasteiger partial charge >= 0.3 is 0 Å². The van der Waals surface area contributed by atoms with Crippen LogP contribution in [0.1, 0.15) is 32.8 Å². The zero-order chi connectivity index (χ0) is 15.0. The number of benzene rings is 1. The van der Waals surface area contributed by atoms with E-state index >= 15 is 0 Å². The first-order chi connectivity index (χ1) is 9.65. The monoisotopic (exact) mass is 298 g/mol. The summed E-state index contributed by atoms with van der Waals surface area (Å²) in [6.07, 6.45) is 1.12. The van der Waals surface area contributed by atoms with Gasteiger partial charge in [-0.1, -0.05) is 31.5 Å². The van der Waals surface area contributed by atoms with Crippen molar-refractivity contribution < 1.29 is 5.11 Å². The van der Waals surface area contributed by atoms with Crippen molar-refractivity contribution in [1.29, 1.82) is 0 Å². The molecule has 1 rings (SSSR count). The summed E-state index contributed by atoms with van der Waals surface area (Å²) in [5.74, 6) is 0. The van der Waals surface area contributed by atoms with Crippen LogP contribution in [0.25, 0.3) is 0 Å². The molecule has 0 atom stereocenters. The van der Waals surface area contributed by atoms with E-state index < -0.39 is 0 Å². The fourth-order valence-corrected chi connectivity index (χ4v) is 2.61. The Bertz CT molecular complexity index is 394. The molecule has 0 aliphatic heterocycles. The Hall–Kier alpha value is -0.770. The minimum absolute atomic E-state index is 0.0546. The molecule has 0 saturated carbocycles. The number of hydrogen-bond acceptors (Lipinski definition) is 3. The standard InChI is InChI=1S/C16H27ClN2O/c1-4-18(5-2)10-7-11-19(6-3)16-12-15(17)9-8-14(16)13-20/h8-9,12,20H,4-7,10-11,13H2,1-3H3. The van der Waals surface area contributed by atoms with Crippen molar-refractivity contribution in [2.45, 2.75) is 33.8 Å². The van der Waals surface area contributed by atoms with Gasteiger partial charge in [0.1, 0.15) is 0 Å². The van der Waals surface area contributed by atoms with E-state index in [1.165, 1.54) is 0 Å². The van der Waals surface area contributed by atoms with Crippen LogP contribution in [0.2, 0.25) is 5.02 Å². The molecule has 4 heteroatoms. The molecule has 0 aliphatic carbocycles. The molecule has 0 heterocycles. The highest BCUT2D eigenvalue weighted by Crippen LogP contribution is 2.25. The Balaban J connectivity index is 2.68. The molecule has 0 aliphatic rings. The molecule has 0 radical (unpaired) electrons. The predicted molar refractivity (Wildman–Crippen MR) is 87.7 cm³/mol. The van der Waals surface area contributed by atoms with Gasteiger partial charge in [-0.25, -0.2) is 0 Å². The molecule has 0 saturated heterocycles. The van der Waals surface area contributed by atoms with Gasteiger partial charge < -0.3 is 14.9 Å². The summed E-state index contributed by atoms with van der Waals surface area (Å²) in [4.78, 5) is 4.72. The summed E-state index contributed by atoms with van der Waals surface area (Å²) in [6.45, 7) is 11.8. The first-order valence-electron chi connectivity index (χ1n) is 7.52. The molecule has 0 bridgehead atoms. The second kappa shape index (κ2) is 9.22.